The van der Waals surface area contributed by atoms with Gasteiger partial charge in [-0.05, 0) is 37.1 Å². The summed E-state index contributed by atoms with van der Waals surface area (Å²) in [5, 5.41) is 6.44. The van der Waals surface area contributed by atoms with Crippen molar-refractivity contribution in [2.75, 3.05) is 12.4 Å². The van der Waals surface area contributed by atoms with Gasteiger partial charge in [-0.1, -0.05) is 11.6 Å². The predicted octanol–water partition coefficient (Wildman–Crippen LogP) is 4.43. The number of hydrogen-bond donors (Lipinski definition) is 3. The number of methoxy groups -OCH3 is 1. The summed E-state index contributed by atoms with van der Waals surface area (Å²) in [4.78, 5) is 27.4. The van der Waals surface area contributed by atoms with Gasteiger partial charge >= 0.3 is 12.1 Å². The first-order valence-corrected chi connectivity index (χ1v) is 9.79. The molecule has 0 saturated heterocycles. The van der Waals surface area contributed by atoms with Crippen LogP contribution in [0, 0.1) is 0 Å². The number of nitrogens with two attached hydrogens (primary N) is 1. The third-order valence-electron chi connectivity index (χ3n) is 4.53. The van der Waals surface area contributed by atoms with Gasteiger partial charge in [0.1, 0.15) is 11.5 Å². The third kappa shape index (κ3) is 4.89. The number of anilines is 1. The highest BCUT2D eigenvalue weighted by Crippen LogP contribution is 2.38. The molecule has 4 rings (SSSR count). The molecule has 1 heterocycles. The van der Waals surface area contributed by atoms with Crippen LogP contribution >= 0.6 is 11.6 Å². The maximum absolute atomic E-state index is 11.9. The van der Waals surface area contributed by atoms with E-state index in [0.717, 1.165) is 12.8 Å². The normalized spacial score (nSPS) is 12.8. The minimum atomic E-state index is -0.968. The van der Waals surface area contributed by atoms with Crippen molar-refractivity contribution < 1.29 is 23.8 Å². The number of amides is 3. The molecule has 9 nitrogen and oxygen atoms in total. The summed E-state index contributed by atoms with van der Waals surface area (Å²) in [6, 6.07) is 9.68. The number of primary amides is 1. The van der Waals surface area contributed by atoms with Crippen molar-refractivity contribution in [1.82, 2.24) is 10.3 Å². The lowest BCUT2D eigenvalue weighted by atomic mass is 10.2. The summed E-state index contributed by atoms with van der Waals surface area (Å²) in [6.07, 6.45) is 2.59. The zero-order valence-electron chi connectivity index (χ0n) is 16.5. The van der Waals surface area contributed by atoms with Crippen LogP contribution in [0.15, 0.2) is 42.6 Å². The number of hydrogen-bond acceptors (Lipinski definition) is 6. The Labute approximate surface area is 182 Å². The van der Waals surface area contributed by atoms with Crippen LogP contribution in [0.25, 0.3) is 10.9 Å². The first-order chi connectivity index (χ1) is 14.9. The summed E-state index contributed by atoms with van der Waals surface area (Å²) < 4.78 is 16.2. The molecule has 1 aromatic heterocycles. The van der Waals surface area contributed by atoms with Gasteiger partial charge in [0.25, 0.3) is 0 Å². The third-order valence-corrected chi connectivity index (χ3v) is 4.84. The maximum Gasteiger partial charge on any atom is 0.410 e. The average molecular weight is 443 g/mol. The quantitative estimate of drug-likeness (QED) is 0.518. The van der Waals surface area contributed by atoms with Crippen molar-refractivity contribution in [2.45, 2.75) is 18.9 Å². The van der Waals surface area contributed by atoms with Crippen LogP contribution in [0.3, 0.4) is 0 Å². The van der Waals surface area contributed by atoms with Crippen LogP contribution < -0.4 is 30.6 Å². The number of aromatic nitrogens is 1. The van der Waals surface area contributed by atoms with E-state index in [9.17, 15) is 9.59 Å². The number of nitrogens with one attached hydrogen (secondary N) is 2. The summed E-state index contributed by atoms with van der Waals surface area (Å²) in [6.45, 7) is 0. The van der Waals surface area contributed by atoms with Crippen LogP contribution in [-0.2, 0) is 0 Å². The van der Waals surface area contributed by atoms with E-state index in [1.807, 2.05) is 0 Å². The molecule has 0 radical (unpaired) electrons. The summed E-state index contributed by atoms with van der Waals surface area (Å²) in [5.41, 5.74) is 6.16. The Hall–Kier alpha value is -3.72. The molecule has 160 valence electrons. The second-order valence-electron chi connectivity index (χ2n) is 6.87. The van der Waals surface area contributed by atoms with Crippen LogP contribution in [0.2, 0.25) is 5.02 Å². The fraction of sp³-hybridized carbons (Fsp3) is 0.190. The van der Waals surface area contributed by atoms with E-state index in [2.05, 4.69) is 15.6 Å². The molecule has 2 aromatic carbocycles. The van der Waals surface area contributed by atoms with E-state index in [-0.39, 0.29) is 17.8 Å². The molecule has 10 heteroatoms. The lowest BCUT2D eigenvalue weighted by molar-refractivity contribution is 0.208. The highest BCUT2D eigenvalue weighted by Gasteiger charge is 2.23. The molecule has 0 atom stereocenters. The summed E-state index contributed by atoms with van der Waals surface area (Å²) in [5.74, 6) is 1.34. The van der Waals surface area contributed by atoms with Gasteiger partial charge in [-0.15, -0.1) is 0 Å². The molecule has 1 fully saturated rings. The van der Waals surface area contributed by atoms with E-state index < -0.39 is 6.09 Å². The Bertz CT molecular complexity index is 1170. The number of halogens is 1. The number of ether oxygens (including phenoxy) is 3. The second kappa shape index (κ2) is 8.57. The molecule has 3 amide bonds. The van der Waals surface area contributed by atoms with Crippen LogP contribution in [0.1, 0.15) is 12.8 Å². The van der Waals surface area contributed by atoms with Gasteiger partial charge in [-0.2, -0.15) is 0 Å². The van der Waals surface area contributed by atoms with Gasteiger partial charge in [-0.25, -0.2) is 9.59 Å². The molecule has 1 saturated carbocycles. The van der Waals surface area contributed by atoms with Gasteiger partial charge in [0.2, 0.25) is 0 Å². The SMILES string of the molecule is COc1cc2nccc(Oc3ccc(NC(=O)NC4CC4)c(Cl)c3)c2cc1OC(N)=O. The highest BCUT2D eigenvalue weighted by molar-refractivity contribution is 6.33. The fourth-order valence-corrected chi connectivity index (χ4v) is 3.14. The largest absolute Gasteiger partial charge is 0.493 e. The van der Waals surface area contributed by atoms with Crippen molar-refractivity contribution >= 4 is 40.3 Å². The number of nitrogens with zero attached hydrogens (tertiary/aromatic N) is 1. The van der Waals surface area contributed by atoms with Crippen molar-refractivity contribution in [2.24, 2.45) is 5.73 Å². The maximum atomic E-state index is 11.9. The first-order valence-electron chi connectivity index (χ1n) is 9.42. The zero-order chi connectivity index (χ0) is 22.0. The molecule has 0 unspecified atom stereocenters. The smallest absolute Gasteiger partial charge is 0.410 e. The lowest BCUT2D eigenvalue weighted by Crippen LogP contribution is -2.30. The number of fused-ring (bicyclic) bond motifs is 1. The van der Waals surface area contributed by atoms with E-state index in [1.54, 1.807) is 42.6 Å². The van der Waals surface area contributed by atoms with Gasteiger partial charge in [0.15, 0.2) is 11.5 Å². The number of rotatable bonds is 6. The second-order valence-corrected chi connectivity index (χ2v) is 7.27. The standard InChI is InChI=1S/C21H19ClN4O5/c1-29-18-10-16-13(9-19(18)31-20(23)27)17(6-7-24-16)30-12-4-5-15(14(22)8-12)26-21(28)25-11-2-3-11/h4-11H,2-3H2,1H3,(H2,23,27)(H2,25,26,28). The molecule has 0 aliphatic heterocycles. The minimum Gasteiger partial charge on any atom is -0.493 e. The average Bonchev–Trinajstić information content (AvgIpc) is 3.53. The molecular weight excluding hydrogens is 424 g/mol. The number of carbonyl (C=O) groups excluding carboxylic acids is 2. The summed E-state index contributed by atoms with van der Waals surface area (Å²) >= 11 is 6.31. The predicted molar refractivity (Wildman–Crippen MR) is 115 cm³/mol. The Morgan fingerprint density at radius 1 is 1.13 bits per heavy atom. The van der Waals surface area contributed by atoms with E-state index in [4.69, 9.17) is 31.5 Å². The highest BCUT2D eigenvalue weighted by atomic mass is 35.5. The van der Waals surface area contributed by atoms with E-state index in [0.29, 0.717) is 38.9 Å². The number of benzene rings is 2. The van der Waals surface area contributed by atoms with E-state index in [1.165, 1.54) is 7.11 Å². The topological polar surface area (TPSA) is 125 Å². The Balaban J connectivity index is 1.59. The lowest BCUT2D eigenvalue weighted by Gasteiger charge is -2.13. The van der Waals surface area contributed by atoms with Crippen LogP contribution in [0.5, 0.6) is 23.0 Å². The van der Waals surface area contributed by atoms with Crippen LogP contribution in [-0.4, -0.2) is 30.3 Å². The molecule has 0 spiro atoms. The van der Waals surface area contributed by atoms with Gasteiger partial charge in [0.05, 0.1) is 23.3 Å². The number of carbonyl (C=O) groups is 2. The fourth-order valence-electron chi connectivity index (χ4n) is 2.92. The Kier molecular flexibility index (Phi) is 5.68. The van der Waals surface area contributed by atoms with Crippen LogP contribution in [0.4, 0.5) is 15.3 Å². The molecule has 31 heavy (non-hydrogen) atoms. The van der Waals surface area contributed by atoms with Gasteiger partial charge in [-0.3, -0.25) is 4.98 Å². The van der Waals surface area contributed by atoms with Gasteiger partial charge < -0.3 is 30.6 Å². The molecule has 1 aliphatic rings. The van der Waals surface area contributed by atoms with E-state index >= 15 is 0 Å². The Morgan fingerprint density at radius 3 is 2.61 bits per heavy atom. The molecule has 1 aliphatic carbocycles. The first kappa shape index (κ1) is 20.5. The van der Waals surface area contributed by atoms with Crippen molar-refractivity contribution in [3.63, 3.8) is 0 Å². The Morgan fingerprint density at radius 2 is 1.94 bits per heavy atom. The molecule has 4 N–H and O–H groups in total. The van der Waals surface area contributed by atoms with Gasteiger partial charge in [0, 0.05) is 29.8 Å². The summed E-state index contributed by atoms with van der Waals surface area (Å²) in [7, 11) is 1.44. The van der Waals surface area contributed by atoms with Crippen molar-refractivity contribution in [3.05, 3.63) is 47.6 Å². The molecular formula is C21H19ClN4O5. The molecule has 0 bridgehead atoms. The molecule has 3 aromatic rings. The zero-order valence-corrected chi connectivity index (χ0v) is 17.2. The minimum absolute atomic E-state index is 0.139. The van der Waals surface area contributed by atoms with Crippen molar-refractivity contribution in [1.29, 1.82) is 0 Å². The number of pyridine rings is 1. The number of urea groups is 1. The van der Waals surface area contributed by atoms with Crippen molar-refractivity contribution in [3.8, 4) is 23.0 Å². The monoisotopic (exact) mass is 442 g/mol.